The van der Waals surface area contributed by atoms with Gasteiger partial charge in [0, 0.05) is 5.75 Å². The first-order valence-electron chi connectivity index (χ1n) is 8.07. The van der Waals surface area contributed by atoms with E-state index in [-0.39, 0.29) is 18.3 Å². The predicted molar refractivity (Wildman–Crippen MR) is 95.0 cm³/mol. The maximum Gasteiger partial charge on any atom is 0.408 e. The summed E-state index contributed by atoms with van der Waals surface area (Å²) < 4.78 is 10.1. The zero-order valence-corrected chi connectivity index (χ0v) is 16.2. The Bertz CT molecular complexity index is 435. The Balaban J connectivity index is 4.93. The van der Waals surface area contributed by atoms with Crippen molar-refractivity contribution in [1.82, 2.24) is 10.6 Å². The van der Waals surface area contributed by atoms with E-state index >= 15 is 0 Å². The van der Waals surface area contributed by atoms with Crippen molar-refractivity contribution in [3.05, 3.63) is 0 Å². The van der Waals surface area contributed by atoms with E-state index in [9.17, 15) is 14.4 Å². The van der Waals surface area contributed by atoms with Gasteiger partial charge >= 0.3 is 12.1 Å². The van der Waals surface area contributed by atoms with Gasteiger partial charge in [-0.2, -0.15) is 12.6 Å². The molecular weight excluding hydrogens is 332 g/mol. The number of hydrogen-bond donors (Lipinski definition) is 3. The summed E-state index contributed by atoms with van der Waals surface area (Å²) in [6.45, 7) is 11.0. The Kier molecular flexibility index (Phi) is 9.80. The van der Waals surface area contributed by atoms with Gasteiger partial charge in [0.1, 0.15) is 17.7 Å². The molecule has 0 aromatic rings. The van der Waals surface area contributed by atoms with Crippen LogP contribution in [-0.4, -0.2) is 48.0 Å². The number of alkyl carbamates (subject to hydrolysis) is 1. The van der Waals surface area contributed by atoms with Gasteiger partial charge in [-0.3, -0.25) is 4.79 Å². The van der Waals surface area contributed by atoms with E-state index in [4.69, 9.17) is 9.47 Å². The summed E-state index contributed by atoms with van der Waals surface area (Å²) in [4.78, 5) is 36.1. The first-order valence-corrected chi connectivity index (χ1v) is 8.70. The van der Waals surface area contributed by atoms with Crippen molar-refractivity contribution in [3.8, 4) is 0 Å². The Hall–Kier alpha value is -1.44. The number of thiol groups is 1. The molecule has 0 saturated heterocycles. The van der Waals surface area contributed by atoms with E-state index in [0.717, 1.165) is 0 Å². The number of nitrogens with one attached hydrogen (secondary N) is 2. The van der Waals surface area contributed by atoms with Crippen LogP contribution in [0.2, 0.25) is 0 Å². The molecular formula is C16H30N2O5S. The van der Waals surface area contributed by atoms with Crippen molar-refractivity contribution < 1.29 is 23.9 Å². The van der Waals surface area contributed by atoms with Gasteiger partial charge in [0.2, 0.25) is 5.91 Å². The quantitative estimate of drug-likeness (QED) is 0.453. The molecule has 0 rings (SSSR count). The van der Waals surface area contributed by atoms with Crippen molar-refractivity contribution in [2.45, 2.75) is 65.6 Å². The van der Waals surface area contributed by atoms with Crippen LogP contribution in [0.3, 0.4) is 0 Å². The number of rotatable bonds is 8. The SMILES string of the molecule is CCOC(=O)[C@H](CS)NC(=O)[C@H](CC(C)C)NC(=O)OC(C)(C)C. The van der Waals surface area contributed by atoms with Crippen molar-refractivity contribution in [3.63, 3.8) is 0 Å². The number of carbonyl (C=O) groups is 3. The Morgan fingerprint density at radius 1 is 1.08 bits per heavy atom. The predicted octanol–water partition coefficient (Wildman–Crippen LogP) is 1.90. The average molecular weight is 362 g/mol. The number of ether oxygens (including phenoxy) is 2. The monoisotopic (exact) mass is 362 g/mol. The molecule has 0 aliphatic carbocycles. The van der Waals surface area contributed by atoms with Crippen molar-refractivity contribution in [1.29, 1.82) is 0 Å². The summed E-state index contributed by atoms with van der Waals surface area (Å²) in [5.74, 6) is -0.762. The van der Waals surface area contributed by atoms with E-state index in [2.05, 4.69) is 23.3 Å². The lowest BCUT2D eigenvalue weighted by molar-refractivity contribution is -0.146. The maximum atomic E-state index is 12.4. The van der Waals surface area contributed by atoms with Crippen molar-refractivity contribution in [2.24, 2.45) is 5.92 Å². The summed E-state index contributed by atoms with van der Waals surface area (Å²) >= 11 is 4.06. The van der Waals surface area contributed by atoms with Crippen LogP contribution in [0.5, 0.6) is 0 Å². The highest BCUT2D eigenvalue weighted by Crippen LogP contribution is 2.10. The van der Waals surface area contributed by atoms with Crippen LogP contribution in [0.25, 0.3) is 0 Å². The van der Waals surface area contributed by atoms with Crippen molar-refractivity contribution >= 4 is 30.6 Å². The first-order chi connectivity index (χ1) is 11.0. The lowest BCUT2D eigenvalue weighted by Gasteiger charge is -2.25. The van der Waals surface area contributed by atoms with Gasteiger partial charge < -0.3 is 20.1 Å². The standard InChI is InChI=1S/C16H30N2O5S/c1-7-22-14(20)12(9-24)17-13(19)11(8-10(2)3)18-15(21)23-16(4,5)6/h10-12,24H,7-9H2,1-6H3,(H,17,19)(H,18,21)/t11-,12-/m0/s1. The third-order valence-corrected chi connectivity index (χ3v) is 3.15. The highest BCUT2D eigenvalue weighted by Gasteiger charge is 2.28. The molecule has 2 N–H and O–H groups in total. The summed E-state index contributed by atoms with van der Waals surface area (Å²) in [7, 11) is 0. The zero-order valence-electron chi connectivity index (χ0n) is 15.3. The first kappa shape index (κ1) is 22.6. The molecule has 0 fully saturated rings. The maximum absolute atomic E-state index is 12.4. The third-order valence-electron chi connectivity index (χ3n) is 2.78. The highest BCUT2D eigenvalue weighted by atomic mass is 32.1. The van der Waals surface area contributed by atoms with E-state index in [1.165, 1.54) is 0 Å². The van der Waals surface area contributed by atoms with Crippen LogP contribution in [-0.2, 0) is 19.1 Å². The Morgan fingerprint density at radius 2 is 1.67 bits per heavy atom. The minimum Gasteiger partial charge on any atom is -0.464 e. The van der Waals surface area contributed by atoms with E-state index in [1.807, 2.05) is 13.8 Å². The number of carbonyl (C=O) groups excluding carboxylic acids is 3. The van der Waals surface area contributed by atoms with Crippen LogP contribution in [0.15, 0.2) is 0 Å². The topological polar surface area (TPSA) is 93.7 Å². The van der Waals surface area contributed by atoms with Gasteiger partial charge in [-0.05, 0) is 40.0 Å². The fourth-order valence-electron chi connectivity index (χ4n) is 1.85. The molecule has 24 heavy (non-hydrogen) atoms. The van der Waals surface area contributed by atoms with Gasteiger partial charge in [-0.1, -0.05) is 13.8 Å². The van der Waals surface area contributed by atoms with Crippen LogP contribution in [0, 0.1) is 5.92 Å². The third kappa shape index (κ3) is 9.64. The number of hydrogen-bond acceptors (Lipinski definition) is 6. The molecule has 0 spiro atoms. The average Bonchev–Trinajstić information content (AvgIpc) is 2.41. The van der Waals surface area contributed by atoms with E-state index in [0.29, 0.717) is 6.42 Å². The van der Waals surface area contributed by atoms with Gasteiger partial charge in [-0.15, -0.1) is 0 Å². The molecule has 2 atom stereocenters. The number of amides is 2. The minimum atomic E-state index is -0.865. The van der Waals surface area contributed by atoms with Crippen LogP contribution < -0.4 is 10.6 Å². The van der Waals surface area contributed by atoms with Gasteiger partial charge in [0.25, 0.3) is 0 Å². The second-order valence-electron chi connectivity index (χ2n) is 6.82. The Labute approximate surface area is 149 Å². The molecule has 0 aromatic heterocycles. The molecule has 140 valence electrons. The number of esters is 1. The fraction of sp³-hybridized carbons (Fsp3) is 0.812. The molecule has 7 nitrogen and oxygen atoms in total. The lowest BCUT2D eigenvalue weighted by atomic mass is 10.0. The molecule has 0 radical (unpaired) electrons. The van der Waals surface area contributed by atoms with Crippen molar-refractivity contribution in [2.75, 3.05) is 12.4 Å². The second-order valence-corrected chi connectivity index (χ2v) is 7.19. The summed E-state index contributed by atoms with van der Waals surface area (Å²) in [6, 6.07) is -1.67. The molecule has 0 aromatic carbocycles. The minimum absolute atomic E-state index is 0.103. The van der Waals surface area contributed by atoms with Gasteiger partial charge in [0.05, 0.1) is 6.61 Å². The molecule has 0 saturated carbocycles. The summed E-state index contributed by atoms with van der Waals surface area (Å²) in [5, 5.41) is 5.12. The normalized spacial score (nSPS) is 13.8. The molecule has 0 heterocycles. The van der Waals surface area contributed by atoms with E-state index in [1.54, 1.807) is 27.7 Å². The highest BCUT2D eigenvalue weighted by molar-refractivity contribution is 7.80. The zero-order chi connectivity index (χ0) is 18.9. The summed E-state index contributed by atoms with van der Waals surface area (Å²) in [6.07, 6.45) is -0.269. The van der Waals surface area contributed by atoms with Gasteiger partial charge in [0.15, 0.2) is 0 Å². The molecule has 2 amide bonds. The molecule has 0 unspecified atom stereocenters. The van der Waals surface area contributed by atoms with Crippen LogP contribution >= 0.6 is 12.6 Å². The lowest BCUT2D eigenvalue weighted by Crippen LogP contribution is -2.53. The van der Waals surface area contributed by atoms with Crippen LogP contribution in [0.1, 0.15) is 48.0 Å². The van der Waals surface area contributed by atoms with E-state index < -0.39 is 35.7 Å². The molecule has 0 aliphatic heterocycles. The molecule has 0 aliphatic rings. The van der Waals surface area contributed by atoms with Gasteiger partial charge in [-0.25, -0.2) is 9.59 Å². The largest absolute Gasteiger partial charge is 0.464 e. The van der Waals surface area contributed by atoms with Crippen LogP contribution in [0.4, 0.5) is 4.79 Å². The smallest absolute Gasteiger partial charge is 0.408 e. The molecule has 8 heteroatoms. The Morgan fingerprint density at radius 3 is 2.08 bits per heavy atom. The summed E-state index contributed by atoms with van der Waals surface area (Å²) in [5.41, 5.74) is -0.665. The fourth-order valence-corrected chi connectivity index (χ4v) is 2.09. The molecule has 0 bridgehead atoms. The second kappa shape index (κ2) is 10.4.